The van der Waals surface area contributed by atoms with E-state index in [9.17, 15) is 0 Å². The maximum atomic E-state index is 5.78. The lowest BCUT2D eigenvalue weighted by molar-refractivity contribution is 0.0269. The normalized spacial score (nSPS) is 26.9. The zero-order chi connectivity index (χ0) is 18.2. The summed E-state index contributed by atoms with van der Waals surface area (Å²) >= 11 is 0. The number of benzene rings is 1. The highest BCUT2D eigenvalue weighted by atomic mass is 16.5. The van der Waals surface area contributed by atoms with Gasteiger partial charge in [0.1, 0.15) is 0 Å². The van der Waals surface area contributed by atoms with Crippen LogP contribution in [0.3, 0.4) is 0 Å². The van der Waals surface area contributed by atoms with Crippen LogP contribution in [0, 0.1) is 12.3 Å². The molecule has 1 aromatic carbocycles. The van der Waals surface area contributed by atoms with E-state index in [0.29, 0.717) is 6.04 Å². The molecule has 6 rings (SSSR count). The van der Waals surface area contributed by atoms with Gasteiger partial charge in [0.05, 0.1) is 22.9 Å². The molecule has 3 aliphatic rings. The van der Waals surface area contributed by atoms with E-state index in [0.717, 1.165) is 24.3 Å². The van der Waals surface area contributed by atoms with Crippen LogP contribution in [-0.2, 0) is 6.42 Å². The summed E-state index contributed by atoms with van der Waals surface area (Å²) in [6.07, 6.45) is 7.35. The predicted octanol–water partition coefficient (Wildman–Crippen LogP) is 4.93. The van der Waals surface area contributed by atoms with Crippen LogP contribution in [0.2, 0.25) is 0 Å². The lowest BCUT2D eigenvalue weighted by Crippen LogP contribution is -2.50. The van der Waals surface area contributed by atoms with Gasteiger partial charge in [0.25, 0.3) is 0 Å². The van der Waals surface area contributed by atoms with Crippen molar-refractivity contribution in [3.63, 3.8) is 0 Å². The van der Waals surface area contributed by atoms with Crippen molar-refractivity contribution in [2.45, 2.75) is 45.6 Å². The average molecular weight is 359 g/mol. The van der Waals surface area contributed by atoms with Gasteiger partial charge in [0.2, 0.25) is 0 Å². The fraction of sp³-hybridized carbons (Fsp3) is 0.435. The molecule has 1 saturated heterocycles. The van der Waals surface area contributed by atoms with E-state index >= 15 is 0 Å². The highest BCUT2D eigenvalue weighted by Gasteiger charge is 2.50. The Balaban J connectivity index is 1.73. The Morgan fingerprint density at radius 1 is 1.26 bits per heavy atom. The summed E-state index contributed by atoms with van der Waals surface area (Å²) in [5.41, 5.74) is 6.68. The van der Waals surface area contributed by atoms with Gasteiger partial charge in [-0.1, -0.05) is 30.3 Å². The summed E-state index contributed by atoms with van der Waals surface area (Å²) in [4.78, 5) is 2.74. The fourth-order valence-electron chi connectivity index (χ4n) is 5.94. The van der Waals surface area contributed by atoms with Crippen molar-refractivity contribution in [1.82, 2.24) is 14.6 Å². The molecule has 138 valence electrons. The van der Waals surface area contributed by atoms with Crippen molar-refractivity contribution in [3.8, 4) is 0 Å². The van der Waals surface area contributed by atoms with Crippen molar-refractivity contribution < 1.29 is 4.52 Å². The molecule has 0 N–H and O–H groups in total. The first-order valence-electron chi connectivity index (χ1n) is 10.2. The molecule has 3 aliphatic heterocycles. The Bertz CT molecular complexity index is 1090. The lowest BCUT2D eigenvalue weighted by atomic mass is 9.66. The number of fused-ring (bicyclic) bond motifs is 3. The minimum Gasteiger partial charge on any atom is -0.354 e. The monoisotopic (exact) mass is 359 g/mol. The quantitative estimate of drug-likeness (QED) is 0.651. The average Bonchev–Trinajstić information content (AvgIpc) is 3.28. The summed E-state index contributed by atoms with van der Waals surface area (Å²) in [5, 5.41) is 5.60. The Labute approximate surface area is 159 Å². The summed E-state index contributed by atoms with van der Waals surface area (Å²) in [7, 11) is 0. The summed E-state index contributed by atoms with van der Waals surface area (Å²) in [5.74, 6) is 0.894. The van der Waals surface area contributed by atoms with Gasteiger partial charge in [-0.2, -0.15) is 0 Å². The van der Waals surface area contributed by atoms with Crippen LogP contribution in [0.15, 0.2) is 40.9 Å². The largest absolute Gasteiger partial charge is 0.354 e. The molecule has 4 heteroatoms. The van der Waals surface area contributed by atoms with Gasteiger partial charge < -0.3 is 9.09 Å². The lowest BCUT2D eigenvalue weighted by Gasteiger charge is -2.53. The summed E-state index contributed by atoms with van der Waals surface area (Å²) in [6.45, 7) is 6.76. The molecule has 2 atom stereocenters. The second-order valence-electron chi connectivity index (χ2n) is 8.46. The predicted molar refractivity (Wildman–Crippen MR) is 107 cm³/mol. The first-order chi connectivity index (χ1) is 13.2. The first-order valence-corrected chi connectivity index (χ1v) is 10.2. The van der Waals surface area contributed by atoms with E-state index < -0.39 is 0 Å². The molecule has 1 unspecified atom stereocenters. The Morgan fingerprint density at radius 3 is 2.96 bits per heavy atom. The molecule has 1 fully saturated rings. The minimum absolute atomic E-state index is 0.188. The van der Waals surface area contributed by atoms with Gasteiger partial charge >= 0.3 is 0 Å². The van der Waals surface area contributed by atoms with E-state index in [4.69, 9.17) is 4.52 Å². The molecule has 5 heterocycles. The van der Waals surface area contributed by atoms with Crippen molar-refractivity contribution in [2.75, 3.05) is 13.1 Å². The second-order valence-corrected chi connectivity index (χ2v) is 8.46. The van der Waals surface area contributed by atoms with E-state index in [1.54, 1.807) is 5.56 Å². The standard InChI is InChI=1S/C23H25N3O/c1-3-23-10-6-11-25-12-9-17-16-7-4-5-8-18(16)26(21(17)22(23)25)19(14-23)20-13-15(2)24-27-20/h4-5,7-8,13-14,22H,3,6,9-12H2,1-2H3/t22-,23?/m1/s1. The molecular formula is C23H25N3O. The number of hydrogen-bond donors (Lipinski definition) is 0. The van der Waals surface area contributed by atoms with E-state index in [1.807, 2.05) is 6.92 Å². The van der Waals surface area contributed by atoms with Gasteiger partial charge in [-0.3, -0.25) is 4.90 Å². The molecule has 4 nitrogen and oxygen atoms in total. The number of para-hydroxylation sites is 1. The fourth-order valence-corrected chi connectivity index (χ4v) is 5.94. The molecule has 0 spiro atoms. The molecule has 0 aliphatic carbocycles. The third-order valence-corrected chi connectivity index (χ3v) is 7.13. The Morgan fingerprint density at radius 2 is 2.15 bits per heavy atom. The van der Waals surface area contributed by atoms with Crippen molar-refractivity contribution in [3.05, 3.63) is 59.1 Å². The van der Waals surface area contributed by atoms with Gasteiger partial charge in [-0.15, -0.1) is 0 Å². The topological polar surface area (TPSA) is 34.2 Å². The highest BCUT2D eigenvalue weighted by molar-refractivity contribution is 5.91. The summed E-state index contributed by atoms with van der Waals surface area (Å²) < 4.78 is 8.27. The van der Waals surface area contributed by atoms with Crippen LogP contribution in [0.4, 0.5) is 0 Å². The van der Waals surface area contributed by atoms with Crippen LogP contribution in [0.5, 0.6) is 0 Å². The maximum absolute atomic E-state index is 5.78. The zero-order valence-corrected chi connectivity index (χ0v) is 16.0. The van der Waals surface area contributed by atoms with Gasteiger partial charge in [-0.25, -0.2) is 0 Å². The Kier molecular flexibility index (Phi) is 3.11. The zero-order valence-electron chi connectivity index (χ0n) is 16.0. The van der Waals surface area contributed by atoms with Crippen molar-refractivity contribution >= 4 is 16.6 Å². The van der Waals surface area contributed by atoms with Crippen molar-refractivity contribution in [2.24, 2.45) is 5.41 Å². The molecule has 0 radical (unpaired) electrons. The highest BCUT2D eigenvalue weighted by Crippen LogP contribution is 2.57. The molecule has 0 bridgehead atoms. The molecular weight excluding hydrogens is 334 g/mol. The maximum Gasteiger partial charge on any atom is 0.183 e. The second kappa shape index (κ2) is 5.35. The van der Waals surface area contributed by atoms with E-state index in [1.165, 1.54) is 48.2 Å². The van der Waals surface area contributed by atoms with Crippen LogP contribution in [-0.4, -0.2) is 27.7 Å². The smallest absolute Gasteiger partial charge is 0.183 e. The number of nitrogens with zero attached hydrogens (tertiary/aromatic N) is 3. The third kappa shape index (κ3) is 1.94. The molecule has 3 aromatic rings. The summed E-state index contributed by atoms with van der Waals surface area (Å²) in [6, 6.07) is 11.5. The van der Waals surface area contributed by atoms with Crippen LogP contribution in [0.1, 0.15) is 54.9 Å². The molecule has 27 heavy (non-hydrogen) atoms. The number of aryl methyl sites for hydroxylation is 1. The Hall–Kier alpha value is -2.33. The third-order valence-electron chi connectivity index (χ3n) is 7.13. The number of aromatic nitrogens is 2. The molecule has 0 amide bonds. The first kappa shape index (κ1) is 15.7. The van der Waals surface area contributed by atoms with Gasteiger partial charge in [0, 0.05) is 29.1 Å². The SMILES string of the molecule is CCC12C=C(c3cc(C)no3)n3c4c(c5ccccc53)CCN(CCC1)[C@H]42. The van der Waals surface area contributed by atoms with Gasteiger partial charge in [0.15, 0.2) is 5.76 Å². The van der Waals surface area contributed by atoms with Crippen molar-refractivity contribution in [1.29, 1.82) is 0 Å². The van der Waals surface area contributed by atoms with Crippen LogP contribution < -0.4 is 0 Å². The molecule has 2 aromatic heterocycles. The molecule has 0 saturated carbocycles. The van der Waals surface area contributed by atoms with E-state index in [-0.39, 0.29) is 5.41 Å². The van der Waals surface area contributed by atoms with Gasteiger partial charge in [-0.05, 0) is 56.9 Å². The number of piperidine rings is 1. The number of hydrogen-bond acceptors (Lipinski definition) is 3. The minimum atomic E-state index is 0.188. The van der Waals surface area contributed by atoms with E-state index in [2.05, 4.69) is 58.0 Å². The van der Waals surface area contributed by atoms with Crippen LogP contribution >= 0.6 is 0 Å². The van der Waals surface area contributed by atoms with Crippen LogP contribution in [0.25, 0.3) is 16.6 Å². The number of rotatable bonds is 2.